The molecule has 0 bridgehead atoms. The maximum Gasteiger partial charge on any atom is 0.167 e. The Hall–Kier alpha value is -0.740. The van der Waals surface area contributed by atoms with Crippen LogP contribution in [0, 0.1) is 0 Å². The molecule has 2 heterocycles. The van der Waals surface area contributed by atoms with E-state index in [2.05, 4.69) is 34.2 Å². The maximum absolute atomic E-state index is 2.99. The number of rotatable bonds is 1. The highest BCUT2D eigenvalue weighted by atomic mass is 79.9. The van der Waals surface area contributed by atoms with Gasteiger partial charge in [0, 0.05) is 24.3 Å². The van der Waals surface area contributed by atoms with Crippen LogP contribution < -0.4 is 43.9 Å². The largest absolute Gasteiger partial charge is 1.00 e. The fourth-order valence-corrected chi connectivity index (χ4v) is 1.16. The highest BCUT2D eigenvalue weighted by Crippen LogP contribution is 2.14. The summed E-state index contributed by atoms with van der Waals surface area (Å²) in [5.74, 6) is 0. The molecule has 2 rings (SSSR count). The normalized spacial score (nSPS) is 8.29. The lowest BCUT2D eigenvalue weighted by atomic mass is 10.1. The minimum absolute atomic E-state index is 0. The molecule has 0 amide bonds. The van der Waals surface area contributed by atoms with E-state index in [4.69, 9.17) is 0 Å². The van der Waals surface area contributed by atoms with Crippen LogP contribution >= 0.6 is 0 Å². The van der Waals surface area contributed by atoms with Gasteiger partial charge in [0.2, 0.25) is 0 Å². The summed E-state index contributed by atoms with van der Waals surface area (Å²) in [5.41, 5.74) is 2.45. The first-order valence-corrected chi connectivity index (χ1v) is 3.89. The number of H-pyrrole nitrogens is 2. The van der Waals surface area contributed by atoms with Gasteiger partial charge >= 0.3 is 0 Å². The Bertz CT molecular complexity index is 314. The fourth-order valence-electron chi connectivity index (χ4n) is 1.16. The van der Waals surface area contributed by atoms with Crippen LogP contribution in [0.15, 0.2) is 49.1 Å². The second-order valence-corrected chi connectivity index (χ2v) is 2.58. The van der Waals surface area contributed by atoms with Crippen LogP contribution in [-0.4, -0.2) is 0 Å². The van der Waals surface area contributed by atoms with E-state index < -0.39 is 0 Å². The summed E-state index contributed by atoms with van der Waals surface area (Å²) in [6.45, 7) is 0. The molecule has 0 unspecified atom stereocenters. The third-order valence-electron chi connectivity index (χ3n) is 1.77. The average Bonchev–Trinajstić information content (AvgIpc) is 2.21. The number of hydrogen-bond acceptors (Lipinski definition) is 0. The zero-order valence-electron chi connectivity index (χ0n) is 7.37. The summed E-state index contributed by atoms with van der Waals surface area (Å²) < 4.78 is 0. The van der Waals surface area contributed by atoms with Crippen molar-refractivity contribution in [1.82, 2.24) is 0 Å². The minimum Gasteiger partial charge on any atom is -1.00 e. The van der Waals surface area contributed by atoms with Crippen molar-refractivity contribution >= 4 is 0 Å². The molecule has 74 valence electrons. The molecule has 4 heteroatoms. The van der Waals surface area contributed by atoms with E-state index >= 15 is 0 Å². The lowest BCUT2D eigenvalue weighted by molar-refractivity contribution is -0.378. The van der Waals surface area contributed by atoms with Crippen molar-refractivity contribution in [2.45, 2.75) is 0 Å². The molecule has 0 aliphatic heterocycles. The third kappa shape index (κ3) is 3.20. The van der Waals surface area contributed by atoms with Crippen LogP contribution in [0.2, 0.25) is 0 Å². The van der Waals surface area contributed by atoms with E-state index in [0.29, 0.717) is 0 Å². The number of halogens is 2. The minimum atomic E-state index is 0. The molecule has 0 saturated heterocycles. The Morgan fingerprint density at radius 2 is 0.857 bits per heavy atom. The number of aromatic amines is 2. The van der Waals surface area contributed by atoms with E-state index in [1.54, 1.807) is 0 Å². The fraction of sp³-hybridized carbons (Fsp3) is 0. The van der Waals surface area contributed by atoms with Crippen molar-refractivity contribution < 1.29 is 43.9 Å². The summed E-state index contributed by atoms with van der Waals surface area (Å²) in [4.78, 5) is 5.99. The molecule has 0 radical (unpaired) electrons. The molecule has 0 aliphatic carbocycles. The second kappa shape index (κ2) is 6.68. The van der Waals surface area contributed by atoms with Crippen molar-refractivity contribution in [2.24, 2.45) is 0 Å². The van der Waals surface area contributed by atoms with E-state index in [1.807, 2.05) is 24.8 Å². The topological polar surface area (TPSA) is 28.3 Å². The van der Waals surface area contributed by atoms with Gasteiger partial charge in [0.1, 0.15) is 0 Å². The first kappa shape index (κ1) is 13.3. The number of hydrogen-bond donors (Lipinski definition) is 0. The number of nitrogens with one attached hydrogen (secondary N) is 2. The molecule has 0 atom stereocenters. The first-order valence-electron chi connectivity index (χ1n) is 3.89. The third-order valence-corrected chi connectivity index (χ3v) is 1.77. The van der Waals surface area contributed by atoms with Crippen LogP contribution in [0.5, 0.6) is 0 Å². The standard InChI is InChI=1S/C10H8N2.2BrH/c1-5-11-6-2-9(1)10-3-7-12-8-4-10;;/h1-8H;2*1H. The second-order valence-electron chi connectivity index (χ2n) is 2.58. The summed E-state index contributed by atoms with van der Waals surface area (Å²) in [7, 11) is 0. The van der Waals surface area contributed by atoms with Crippen LogP contribution in [0.3, 0.4) is 0 Å². The van der Waals surface area contributed by atoms with Crippen LogP contribution in [0.4, 0.5) is 0 Å². The zero-order chi connectivity index (χ0) is 8.23. The summed E-state index contributed by atoms with van der Waals surface area (Å²) in [6.07, 6.45) is 7.69. The molecular weight excluding hydrogens is 308 g/mol. The zero-order valence-corrected chi connectivity index (χ0v) is 10.5. The van der Waals surface area contributed by atoms with Crippen LogP contribution in [0.1, 0.15) is 0 Å². The van der Waals surface area contributed by atoms with Crippen molar-refractivity contribution in [3.8, 4) is 11.1 Å². The quantitative estimate of drug-likeness (QED) is 0.504. The molecule has 14 heavy (non-hydrogen) atoms. The summed E-state index contributed by atoms with van der Waals surface area (Å²) >= 11 is 0. The molecule has 2 aromatic heterocycles. The van der Waals surface area contributed by atoms with E-state index in [0.717, 1.165) is 0 Å². The molecule has 2 nitrogen and oxygen atoms in total. The first-order chi connectivity index (χ1) is 5.97. The van der Waals surface area contributed by atoms with Gasteiger partial charge in [0.05, 0.1) is 0 Å². The molecule has 0 spiro atoms. The van der Waals surface area contributed by atoms with Crippen LogP contribution in [-0.2, 0) is 0 Å². The Morgan fingerprint density at radius 3 is 1.14 bits per heavy atom. The lowest BCUT2D eigenvalue weighted by Crippen LogP contribution is -3.00. The monoisotopic (exact) mass is 316 g/mol. The molecule has 0 saturated carbocycles. The Morgan fingerprint density at radius 1 is 0.571 bits per heavy atom. The van der Waals surface area contributed by atoms with E-state index in [1.165, 1.54) is 11.1 Å². The van der Waals surface area contributed by atoms with Crippen LogP contribution in [0.25, 0.3) is 11.1 Å². The Labute approximate surface area is 104 Å². The van der Waals surface area contributed by atoms with Gasteiger partial charge in [-0.2, -0.15) is 0 Å². The van der Waals surface area contributed by atoms with Crippen molar-refractivity contribution in [3.63, 3.8) is 0 Å². The van der Waals surface area contributed by atoms with Crippen molar-refractivity contribution in [3.05, 3.63) is 49.1 Å². The molecule has 2 N–H and O–H groups in total. The summed E-state index contributed by atoms with van der Waals surface area (Å²) in [6, 6.07) is 8.20. The van der Waals surface area contributed by atoms with Crippen molar-refractivity contribution in [1.29, 1.82) is 0 Å². The molecule has 2 aromatic rings. The molecular formula is C10H10Br2N2. The predicted octanol–water partition coefficient (Wildman–Crippen LogP) is -5.01. The number of pyridine rings is 2. The van der Waals surface area contributed by atoms with Gasteiger partial charge in [-0.25, -0.2) is 9.97 Å². The van der Waals surface area contributed by atoms with Gasteiger partial charge in [-0.15, -0.1) is 0 Å². The van der Waals surface area contributed by atoms with E-state index in [-0.39, 0.29) is 34.0 Å². The highest BCUT2D eigenvalue weighted by molar-refractivity contribution is 5.60. The lowest BCUT2D eigenvalue weighted by Gasteiger charge is -1.93. The van der Waals surface area contributed by atoms with Gasteiger partial charge in [0.25, 0.3) is 0 Å². The summed E-state index contributed by atoms with van der Waals surface area (Å²) in [5, 5.41) is 0. The Kier molecular flexibility index (Phi) is 6.32. The average molecular weight is 318 g/mol. The number of aromatic nitrogens is 2. The molecule has 0 fully saturated rings. The van der Waals surface area contributed by atoms with Gasteiger partial charge < -0.3 is 34.0 Å². The smallest absolute Gasteiger partial charge is 0.167 e. The Balaban J connectivity index is 0.000000845. The molecule has 0 aliphatic rings. The predicted molar refractivity (Wildman–Crippen MR) is 45.0 cm³/mol. The SMILES string of the molecule is [Br-].[Br-].c1cc(-c2cc[nH+]cc2)cc[nH+]1. The van der Waals surface area contributed by atoms with Gasteiger partial charge in [-0.3, -0.25) is 0 Å². The van der Waals surface area contributed by atoms with E-state index in [9.17, 15) is 0 Å². The van der Waals surface area contributed by atoms with Gasteiger partial charge in [-0.05, 0) is 11.1 Å². The highest BCUT2D eigenvalue weighted by Gasteiger charge is 1.97. The maximum atomic E-state index is 2.99. The van der Waals surface area contributed by atoms with Gasteiger partial charge in [-0.1, -0.05) is 0 Å². The van der Waals surface area contributed by atoms with Gasteiger partial charge in [0.15, 0.2) is 24.8 Å². The molecule has 0 aromatic carbocycles. The van der Waals surface area contributed by atoms with Crippen molar-refractivity contribution in [2.75, 3.05) is 0 Å².